The molecule has 0 bridgehead atoms. The quantitative estimate of drug-likeness (QED) is 0.830. The molecule has 106 valence electrons. The molecule has 1 aliphatic heterocycles. The molecule has 0 aromatic heterocycles. The number of amides is 1. The van der Waals surface area contributed by atoms with E-state index in [2.05, 4.69) is 5.32 Å². The number of anilines is 1. The lowest BCUT2D eigenvalue weighted by molar-refractivity contribution is -0.0855. The molecule has 1 amide bonds. The Morgan fingerprint density at radius 1 is 1.47 bits per heavy atom. The van der Waals surface area contributed by atoms with Crippen molar-refractivity contribution in [2.24, 2.45) is 0 Å². The van der Waals surface area contributed by atoms with Crippen LogP contribution in [0.4, 0.5) is 5.69 Å². The van der Waals surface area contributed by atoms with Crippen LogP contribution in [0.2, 0.25) is 5.02 Å². The number of nitrogens with one attached hydrogen (secondary N) is 1. The fraction of sp³-hybridized carbons (Fsp3) is 0.417. The zero-order chi connectivity index (χ0) is 13.0. The van der Waals surface area contributed by atoms with E-state index in [9.17, 15) is 4.79 Å². The average Bonchev–Trinajstić information content (AvgIpc) is 2.37. The monoisotopic (exact) mass is 306 g/mol. The number of rotatable bonds is 3. The van der Waals surface area contributed by atoms with E-state index in [1.807, 2.05) is 0 Å². The highest BCUT2D eigenvalue weighted by atomic mass is 35.5. The first-order valence-corrected chi connectivity index (χ1v) is 6.07. The summed E-state index contributed by atoms with van der Waals surface area (Å²) in [6, 6.07) is 4.79. The number of carbonyl (C=O) groups is 1. The van der Waals surface area contributed by atoms with Crippen LogP contribution in [0, 0.1) is 0 Å². The number of carbonyl (C=O) groups excluding carboxylic acids is 1. The number of halogens is 2. The number of hydrogen-bond donors (Lipinski definition) is 2. The second-order valence-electron chi connectivity index (χ2n) is 4.02. The minimum Gasteiger partial charge on any atom is -0.399 e. The molecule has 0 spiro atoms. The van der Waals surface area contributed by atoms with Crippen LogP contribution in [0.1, 0.15) is 10.4 Å². The minimum absolute atomic E-state index is 0. The first kappa shape index (κ1) is 16.0. The van der Waals surface area contributed by atoms with Crippen molar-refractivity contribution in [1.82, 2.24) is 5.32 Å². The molecule has 1 aliphatic rings. The largest absolute Gasteiger partial charge is 0.399 e. The van der Waals surface area contributed by atoms with Gasteiger partial charge in [0.05, 0.1) is 36.5 Å². The standard InChI is InChI=1S/C12H15ClN2O3.ClH/c13-11-5-8(14)1-2-10(11)12(16)15-6-9-7-17-3-4-18-9;/h1-2,5,9H,3-4,6-7,14H2,(H,15,16);1H. The summed E-state index contributed by atoms with van der Waals surface area (Å²) in [6.45, 7) is 2.06. The lowest BCUT2D eigenvalue weighted by atomic mass is 10.2. The summed E-state index contributed by atoms with van der Waals surface area (Å²) in [5.74, 6) is -0.242. The summed E-state index contributed by atoms with van der Waals surface area (Å²) in [6.07, 6.45) is -0.102. The van der Waals surface area contributed by atoms with Crippen LogP contribution in [0.15, 0.2) is 18.2 Å². The highest BCUT2D eigenvalue weighted by Gasteiger charge is 2.16. The third kappa shape index (κ3) is 4.54. The summed E-state index contributed by atoms with van der Waals surface area (Å²) >= 11 is 5.95. The molecule has 1 aromatic carbocycles. The second kappa shape index (κ2) is 7.55. The fourth-order valence-electron chi connectivity index (χ4n) is 1.67. The zero-order valence-corrected chi connectivity index (χ0v) is 11.8. The Morgan fingerprint density at radius 2 is 2.26 bits per heavy atom. The van der Waals surface area contributed by atoms with Crippen LogP contribution in [0.5, 0.6) is 0 Å². The van der Waals surface area contributed by atoms with Crippen molar-refractivity contribution in [2.75, 3.05) is 32.1 Å². The van der Waals surface area contributed by atoms with E-state index in [0.717, 1.165) is 0 Å². The van der Waals surface area contributed by atoms with Gasteiger partial charge in [0.1, 0.15) is 0 Å². The number of nitrogen functional groups attached to an aromatic ring is 1. The van der Waals surface area contributed by atoms with E-state index < -0.39 is 0 Å². The molecule has 0 aliphatic carbocycles. The highest BCUT2D eigenvalue weighted by molar-refractivity contribution is 6.34. The van der Waals surface area contributed by atoms with Crippen molar-refractivity contribution in [1.29, 1.82) is 0 Å². The van der Waals surface area contributed by atoms with Gasteiger partial charge in [0.25, 0.3) is 5.91 Å². The van der Waals surface area contributed by atoms with Crippen molar-refractivity contribution >= 4 is 35.6 Å². The number of ether oxygens (including phenoxy) is 2. The maximum absolute atomic E-state index is 11.9. The molecule has 1 unspecified atom stereocenters. The van der Waals surface area contributed by atoms with Gasteiger partial charge in [0.2, 0.25) is 0 Å². The van der Waals surface area contributed by atoms with Gasteiger partial charge in [-0.25, -0.2) is 0 Å². The molecule has 1 fully saturated rings. The van der Waals surface area contributed by atoms with Crippen molar-refractivity contribution in [3.05, 3.63) is 28.8 Å². The van der Waals surface area contributed by atoms with Gasteiger partial charge in [-0.05, 0) is 18.2 Å². The molecule has 7 heteroatoms. The minimum atomic E-state index is -0.242. The molecule has 0 radical (unpaired) electrons. The Morgan fingerprint density at radius 3 is 2.89 bits per heavy atom. The van der Waals surface area contributed by atoms with Gasteiger partial charge in [-0.2, -0.15) is 0 Å². The van der Waals surface area contributed by atoms with Crippen LogP contribution in [-0.4, -0.2) is 38.4 Å². The van der Waals surface area contributed by atoms with Gasteiger partial charge >= 0.3 is 0 Å². The predicted molar refractivity (Wildman–Crippen MR) is 76.0 cm³/mol. The summed E-state index contributed by atoms with van der Waals surface area (Å²) in [5, 5.41) is 3.10. The van der Waals surface area contributed by atoms with E-state index in [1.165, 1.54) is 0 Å². The fourth-order valence-corrected chi connectivity index (χ4v) is 1.95. The van der Waals surface area contributed by atoms with Gasteiger partial charge in [0.15, 0.2) is 0 Å². The third-order valence-corrected chi connectivity index (χ3v) is 2.93. The van der Waals surface area contributed by atoms with E-state index >= 15 is 0 Å². The van der Waals surface area contributed by atoms with E-state index in [4.69, 9.17) is 26.8 Å². The van der Waals surface area contributed by atoms with Crippen LogP contribution in [0.25, 0.3) is 0 Å². The summed E-state index contributed by atoms with van der Waals surface area (Å²) in [4.78, 5) is 11.9. The molecule has 19 heavy (non-hydrogen) atoms. The number of benzene rings is 1. The van der Waals surface area contributed by atoms with Crippen LogP contribution < -0.4 is 11.1 Å². The van der Waals surface area contributed by atoms with Crippen LogP contribution >= 0.6 is 24.0 Å². The van der Waals surface area contributed by atoms with Crippen molar-refractivity contribution in [3.8, 4) is 0 Å². The highest BCUT2D eigenvalue weighted by Crippen LogP contribution is 2.18. The van der Waals surface area contributed by atoms with Crippen molar-refractivity contribution in [2.45, 2.75) is 6.10 Å². The molecule has 2 rings (SSSR count). The SMILES string of the molecule is Cl.Nc1ccc(C(=O)NCC2COCCO2)c(Cl)c1. The lowest BCUT2D eigenvalue weighted by Crippen LogP contribution is -2.39. The van der Waals surface area contributed by atoms with Gasteiger partial charge in [0, 0.05) is 12.2 Å². The van der Waals surface area contributed by atoms with Gasteiger partial charge in [-0.1, -0.05) is 11.6 Å². The zero-order valence-electron chi connectivity index (χ0n) is 10.2. The third-order valence-electron chi connectivity index (χ3n) is 2.61. The smallest absolute Gasteiger partial charge is 0.252 e. The summed E-state index contributed by atoms with van der Waals surface area (Å²) in [5.41, 5.74) is 6.50. The maximum Gasteiger partial charge on any atom is 0.252 e. The van der Waals surface area contributed by atoms with Crippen molar-refractivity contribution in [3.63, 3.8) is 0 Å². The number of hydrogen-bond acceptors (Lipinski definition) is 4. The van der Waals surface area contributed by atoms with Gasteiger partial charge < -0.3 is 20.5 Å². The molecular weight excluding hydrogens is 291 g/mol. The Labute approximate surface area is 122 Å². The molecule has 3 N–H and O–H groups in total. The van der Waals surface area contributed by atoms with E-state index in [1.54, 1.807) is 18.2 Å². The molecule has 1 aromatic rings. The normalized spacial score (nSPS) is 18.5. The molecule has 1 atom stereocenters. The molecule has 1 saturated heterocycles. The molecule has 0 saturated carbocycles. The lowest BCUT2D eigenvalue weighted by Gasteiger charge is -2.23. The van der Waals surface area contributed by atoms with Crippen LogP contribution in [0.3, 0.4) is 0 Å². The molecule has 1 heterocycles. The Kier molecular flexibility index (Phi) is 6.37. The number of nitrogens with two attached hydrogens (primary N) is 1. The van der Waals surface area contributed by atoms with Crippen molar-refractivity contribution < 1.29 is 14.3 Å². The Hall–Kier alpha value is -1.01. The molecule has 5 nitrogen and oxygen atoms in total. The van der Waals surface area contributed by atoms with Gasteiger partial charge in [-0.3, -0.25) is 4.79 Å². The Balaban J connectivity index is 0.00000180. The maximum atomic E-state index is 11.9. The first-order valence-electron chi connectivity index (χ1n) is 5.69. The summed E-state index contributed by atoms with van der Waals surface area (Å²) in [7, 11) is 0. The van der Waals surface area contributed by atoms with Gasteiger partial charge in [-0.15, -0.1) is 12.4 Å². The average molecular weight is 307 g/mol. The topological polar surface area (TPSA) is 73.6 Å². The second-order valence-corrected chi connectivity index (χ2v) is 4.42. The van der Waals surface area contributed by atoms with E-state index in [-0.39, 0.29) is 24.4 Å². The summed E-state index contributed by atoms with van der Waals surface area (Å²) < 4.78 is 10.7. The first-order chi connectivity index (χ1) is 8.66. The predicted octanol–water partition coefficient (Wildman–Crippen LogP) is 1.49. The molecular formula is C12H16Cl2N2O3. The Bertz CT molecular complexity index is 437. The van der Waals surface area contributed by atoms with Crippen LogP contribution in [-0.2, 0) is 9.47 Å². The van der Waals surface area contributed by atoms with E-state index in [0.29, 0.717) is 42.6 Å².